The van der Waals surface area contributed by atoms with Crippen molar-refractivity contribution in [2.75, 3.05) is 6.54 Å². The average molecular weight is 322 g/mol. The molecule has 2 heterocycles. The largest absolute Gasteiger partial charge is 0.391 e. The highest BCUT2D eigenvalue weighted by atomic mass is 35.5. The van der Waals surface area contributed by atoms with Crippen LogP contribution in [0.5, 0.6) is 0 Å². The van der Waals surface area contributed by atoms with Crippen LogP contribution in [0.4, 0.5) is 4.39 Å². The number of aliphatic hydroxyl groups excluding tert-OH is 1. The van der Waals surface area contributed by atoms with Crippen LogP contribution >= 0.6 is 11.6 Å². The number of carbonyl (C=O) groups is 1. The van der Waals surface area contributed by atoms with E-state index in [9.17, 15) is 14.3 Å². The van der Waals surface area contributed by atoms with Gasteiger partial charge in [0, 0.05) is 12.7 Å². The number of β-amino-alcohol motifs (C(OH)–C–C–N with tert-alkyl or cyclic N) is 1. The molecule has 1 amide bonds. The average Bonchev–Trinajstić information content (AvgIpc) is 2.89. The molecular formula is C15H13ClFN3O2. The summed E-state index contributed by atoms with van der Waals surface area (Å²) >= 11 is 5.96. The highest BCUT2D eigenvalue weighted by Gasteiger charge is 2.37. The van der Waals surface area contributed by atoms with Gasteiger partial charge in [-0.2, -0.15) is 0 Å². The first-order chi connectivity index (χ1) is 10.6. The van der Waals surface area contributed by atoms with Gasteiger partial charge in [0.1, 0.15) is 17.8 Å². The molecule has 22 heavy (non-hydrogen) atoms. The van der Waals surface area contributed by atoms with Crippen LogP contribution in [-0.4, -0.2) is 38.5 Å². The molecule has 1 aromatic heterocycles. The number of rotatable bonds is 2. The van der Waals surface area contributed by atoms with Crippen molar-refractivity contribution in [2.24, 2.45) is 0 Å². The molecule has 1 saturated heterocycles. The van der Waals surface area contributed by atoms with Gasteiger partial charge in [0.2, 0.25) is 0 Å². The molecule has 1 aliphatic heterocycles. The van der Waals surface area contributed by atoms with Gasteiger partial charge in [-0.25, -0.2) is 14.4 Å². The Morgan fingerprint density at radius 3 is 3.00 bits per heavy atom. The third-order valence-corrected chi connectivity index (χ3v) is 3.92. The molecular weight excluding hydrogens is 309 g/mol. The highest BCUT2D eigenvalue weighted by molar-refractivity contribution is 6.33. The number of benzene rings is 1. The van der Waals surface area contributed by atoms with Crippen molar-refractivity contribution in [1.82, 2.24) is 14.9 Å². The van der Waals surface area contributed by atoms with E-state index in [4.69, 9.17) is 11.6 Å². The Labute approximate surface area is 131 Å². The van der Waals surface area contributed by atoms with Gasteiger partial charge in [0.15, 0.2) is 0 Å². The second-order valence-electron chi connectivity index (χ2n) is 5.14. The first-order valence-corrected chi connectivity index (χ1v) is 7.14. The number of carbonyl (C=O) groups excluding carboxylic acids is 1. The van der Waals surface area contributed by atoms with Crippen LogP contribution < -0.4 is 0 Å². The van der Waals surface area contributed by atoms with Crippen molar-refractivity contribution >= 4 is 17.5 Å². The lowest BCUT2D eigenvalue weighted by Crippen LogP contribution is -2.32. The lowest BCUT2D eigenvalue weighted by atomic mass is 10.0. The molecule has 1 N–H and O–H groups in total. The maximum atomic E-state index is 13.4. The second-order valence-corrected chi connectivity index (χ2v) is 5.54. The van der Waals surface area contributed by atoms with E-state index in [2.05, 4.69) is 9.97 Å². The summed E-state index contributed by atoms with van der Waals surface area (Å²) in [7, 11) is 0. The minimum Gasteiger partial charge on any atom is -0.391 e. The summed E-state index contributed by atoms with van der Waals surface area (Å²) in [5, 5.41) is 10.1. The quantitative estimate of drug-likeness (QED) is 0.921. The molecule has 5 nitrogen and oxygen atoms in total. The third kappa shape index (κ3) is 2.80. The van der Waals surface area contributed by atoms with Gasteiger partial charge in [-0.15, -0.1) is 0 Å². The molecule has 0 unspecified atom stereocenters. The Kier molecular flexibility index (Phi) is 4.04. The molecule has 0 bridgehead atoms. The van der Waals surface area contributed by atoms with Gasteiger partial charge >= 0.3 is 0 Å². The van der Waals surface area contributed by atoms with E-state index in [-0.39, 0.29) is 23.1 Å². The third-order valence-electron chi connectivity index (χ3n) is 3.64. The molecule has 1 fully saturated rings. The first kappa shape index (κ1) is 14.9. The second kappa shape index (κ2) is 5.98. The van der Waals surface area contributed by atoms with Gasteiger partial charge in [-0.3, -0.25) is 4.79 Å². The number of aromatic nitrogens is 2. The summed E-state index contributed by atoms with van der Waals surface area (Å²) in [6.45, 7) is 0.153. The standard InChI is InChI=1S/C15H13ClFN3O2/c16-12-6-18-8-19-14(12)15(22)20-7-11(21)5-13(20)9-2-1-3-10(17)4-9/h1-4,6,8,11,13,21H,5,7H2/t11-,13+/m1/s1. The van der Waals surface area contributed by atoms with E-state index in [1.54, 1.807) is 12.1 Å². The number of nitrogens with zero attached hydrogens (tertiary/aromatic N) is 3. The van der Waals surface area contributed by atoms with Crippen LogP contribution in [-0.2, 0) is 0 Å². The molecule has 114 valence electrons. The van der Waals surface area contributed by atoms with Crippen molar-refractivity contribution in [3.8, 4) is 0 Å². The molecule has 0 spiro atoms. The smallest absolute Gasteiger partial charge is 0.274 e. The predicted molar refractivity (Wildman–Crippen MR) is 77.8 cm³/mol. The van der Waals surface area contributed by atoms with Crippen molar-refractivity contribution < 1.29 is 14.3 Å². The van der Waals surface area contributed by atoms with E-state index in [0.29, 0.717) is 12.0 Å². The van der Waals surface area contributed by atoms with Crippen LogP contribution in [0, 0.1) is 5.82 Å². The molecule has 0 aliphatic carbocycles. The van der Waals surface area contributed by atoms with E-state index < -0.39 is 18.1 Å². The lowest BCUT2D eigenvalue weighted by molar-refractivity contribution is 0.0709. The summed E-state index contributed by atoms with van der Waals surface area (Å²) in [6, 6.07) is 5.60. The Morgan fingerprint density at radius 1 is 1.45 bits per heavy atom. The van der Waals surface area contributed by atoms with E-state index >= 15 is 0 Å². The van der Waals surface area contributed by atoms with Gasteiger partial charge < -0.3 is 10.0 Å². The Bertz CT molecular complexity index is 713. The Balaban J connectivity index is 1.94. The maximum Gasteiger partial charge on any atom is 0.274 e. The van der Waals surface area contributed by atoms with Crippen LogP contribution in [0.25, 0.3) is 0 Å². The monoisotopic (exact) mass is 321 g/mol. The molecule has 2 aromatic rings. The molecule has 0 saturated carbocycles. The van der Waals surface area contributed by atoms with Gasteiger partial charge in [0.05, 0.1) is 17.2 Å². The molecule has 1 aliphatic rings. The summed E-state index contributed by atoms with van der Waals surface area (Å²) in [5.74, 6) is -0.787. The van der Waals surface area contributed by atoms with Crippen molar-refractivity contribution in [2.45, 2.75) is 18.6 Å². The van der Waals surface area contributed by atoms with E-state index in [0.717, 1.165) is 0 Å². The number of amides is 1. The van der Waals surface area contributed by atoms with Gasteiger partial charge in [0.25, 0.3) is 5.91 Å². The molecule has 7 heteroatoms. The van der Waals surface area contributed by atoms with Crippen LogP contribution in [0.2, 0.25) is 5.02 Å². The van der Waals surface area contributed by atoms with Crippen LogP contribution in [0.1, 0.15) is 28.5 Å². The Morgan fingerprint density at radius 2 is 2.27 bits per heavy atom. The maximum absolute atomic E-state index is 13.4. The SMILES string of the molecule is O=C(c1ncncc1Cl)N1C[C@H](O)C[C@H]1c1cccc(F)c1. The number of aliphatic hydroxyl groups is 1. The molecule has 3 rings (SSSR count). The molecule has 0 radical (unpaired) electrons. The normalized spacial score (nSPS) is 21.1. The highest BCUT2D eigenvalue weighted by Crippen LogP contribution is 2.34. The first-order valence-electron chi connectivity index (χ1n) is 6.76. The lowest BCUT2D eigenvalue weighted by Gasteiger charge is -2.24. The van der Waals surface area contributed by atoms with E-state index in [1.165, 1.54) is 29.6 Å². The zero-order chi connectivity index (χ0) is 15.7. The molecule has 1 aromatic carbocycles. The summed E-state index contributed by atoms with van der Waals surface area (Å²) < 4.78 is 13.4. The molecule has 2 atom stereocenters. The predicted octanol–water partition coefficient (Wildman–Crippen LogP) is 2.22. The minimum atomic E-state index is -0.669. The van der Waals surface area contributed by atoms with E-state index in [1.807, 2.05) is 0 Å². The van der Waals surface area contributed by atoms with Gasteiger partial charge in [-0.1, -0.05) is 23.7 Å². The fourth-order valence-corrected chi connectivity index (χ4v) is 2.86. The van der Waals surface area contributed by atoms with Gasteiger partial charge in [-0.05, 0) is 24.1 Å². The summed E-state index contributed by atoms with van der Waals surface area (Å²) in [6.07, 6.45) is 2.25. The fourth-order valence-electron chi connectivity index (χ4n) is 2.67. The number of likely N-dealkylation sites (tertiary alicyclic amines) is 1. The Hall–Kier alpha value is -2.05. The summed E-state index contributed by atoms with van der Waals surface area (Å²) in [5.41, 5.74) is 0.710. The number of halogens is 2. The number of hydrogen-bond acceptors (Lipinski definition) is 4. The minimum absolute atomic E-state index is 0.0761. The van der Waals surface area contributed by atoms with Crippen molar-refractivity contribution in [3.05, 3.63) is 58.9 Å². The number of hydrogen-bond donors (Lipinski definition) is 1. The zero-order valence-corrected chi connectivity index (χ0v) is 12.2. The van der Waals surface area contributed by atoms with Crippen LogP contribution in [0.3, 0.4) is 0 Å². The fraction of sp³-hybridized carbons (Fsp3) is 0.267. The van der Waals surface area contributed by atoms with Crippen LogP contribution in [0.15, 0.2) is 36.8 Å². The topological polar surface area (TPSA) is 66.3 Å². The zero-order valence-electron chi connectivity index (χ0n) is 11.5. The summed E-state index contributed by atoms with van der Waals surface area (Å²) in [4.78, 5) is 21.7. The van der Waals surface area contributed by atoms with Crippen molar-refractivity contribution in [1.29, 1.82) is 0 Å². The van der Waals surface area contributed by atoms with Crippen molar-refractivity contribution in [3.63, 3.8) is 0 Å².